The first-order valence-corrected chi connectivity index (χ1v) is 6.62. The van der Waals surface area contributed by atoms with Gasteiger partial charge in [-0.1, -0.05) is 31.8 Å². The highest BCUT2D eigenvalue weighted by Crippen LogP contribution is 2.23. The third kappa shape index (κ3) is 6.72. The Bertz CT molecular complexity index is 147. The molecule has 1 aliphatic carbocycles. The summed E-state index contributed by atoms with van der Waals surface area (Å²) in [4.78, 5) is 0. The molecule has 1 fully saturated rings. The van der Waals surface area contributed by atoms with E-state index >= 15 is 0 Å². The second-order valence-electron chi connectivity index (χ2n) is 4.72. The van der Waals surface area contributed by atoms with Crippen LogP contribution in [-0.4, -0.2) is 13.2 Å². The average Bonchev–Trinajstić information content (AvgIpc) is 2.29. The fraction of sp³-hybridized carbons (Fsp3) is 0.857. The first kappa shape index (κ1) is 12.8. The molecule has 0 radical (unpaired) electrons. The summed E-state index contributed by atoms with van der Waals surface area (Å²) in [6.07, 6.45) is 14.0. The molecule has 0 N–H and O–H groups in total. The summed E-state index contributed by atoms with van der Waals surface area (Å²) >= 11 is 0. The summed E-state index contributed by atoms with van der Waals surface area (Å²) in [7, 11) is 0. The Balaban J connectivity index is 1.81. The Hall–Kier alpha value is -0.300. The fourth-order valence-corrected chi connectivity index (χ4v) is 2.27. The summed E-state index contributed by atoms with van der Waals surface area (Å²) in [6, 6.07) is 0. The summed E-state index contributed by atoms with van der Waals surface area (Å²) < 4.78 is 5.73. The lowest BCUT2D eigenvalue weighted by molar-refractivity contribution is 0.0825. The smallest absolute Gasteiger partial charge is 0.0494 e. The molecule has 0 aromatic carbocycles. The SMILES string of the molecule is C=CCCCCCOCC1CCCCC1. The van der Waals surface area contributed by atoms with Gasteiger partial charge in [0.05, 0.1) is 0 Å². The van der Waals surface area contributed by atoms with Crippen LogP contribution >= 0.6 is 0 Å². The standard InChI is InChI=1S/C14H26O/c1-2-3-4-5-9-12-15-13-14-10-7-6-8-11-14/h2,14H,1,3-13H2. The zero-order chi connectivity index (χ0) is 10.8. The van der Waals surface area contributed by atoms with Crippen LogP contribution in [0.5, 0.6) is 0 Å². The van der Waals surface area contributed by atoms with Crippen LogP contribution in [0.3, 0.4) is 0 Å². The van der Waals surface area contributed by atoms with Crippen LogP contribution < -0.4 is 0 Å². The van der Waals surface area contributed by atoms with Gasteiger partial charge >= 0.3 is 0 Å². The minimum Gasteiger partial charge on any atom is -0.381 e. The largest absolute Gasteiger partial charge is 0.381 e. The highest BCUT2D eigenvalue weighted by molar-refractivity contribution is 4.66. The predicted molar refractivity (Wildman–Crippen MR) is 66.1 cm³/mol. The minimum absolute atomic E-state index is 0.868. The van der Waals surface area contributed by atoms with Gasteiger partial charge in [0.1, 0.15) is 0 Å². The molecule has 0 amide bonds. The van der Waals surface area contributed by atoms with Crippen molar-refractivity contribution >= 4 is 0 Å². The van der Waals surface area contributed by atoms with E-state index in [1.807, 2.05) is 6.08 Å². The van der Waals surface area contributed by atoms with E-state index < -0.39 is 0 Å². The van der Waals surface area contributed by atoms with Crippen molar-refractivity contribution < 1.29 is 4.74 Å². The molecule has 0 saturated heterocycles. The molecule has 1 saturated carbocycles. The van der Waals surface area contributed by atoms with E-state index in [2.05, 4.69) is 6.58 Å². The molecule has 1 heteroatoms. The van der Waals surface area contributed by atoms with Crippen LogP contribution in [0.4, 0.5) is 0 Å². The molecular weight excluding hydrogens is 184 g/mol. The van der Waals surface area contributed by atoms with Crippen LogP contribution in [-0.2, 0) is 4.74 Å². The highest BCUT2D eigenvalue weighted by Gasteiger charge is 2.12. The topological polar surface area (TPSA) is 9.23 Å². The van der Waals surface area contributed by atoms with Gasteiger partial charge in [0, 0.05) is 13.2 Å². The zero-order valence-electron chi connectivity index (χ0n) is 10.0. The Kier molecular flexibility index (Phi) is 7.63. The van der Waals surface area contributed by atoms with Gasteiger partial charge in [-0.2, -0.15) is 0 Å². The molecule has 1 aliphatic rings. The lowest BCUT2D eigenvalue weighted by Crippen LogP contribution is -2.13. The maximum Gasteiger partial charge on any atom is 0.0494 e. The summed E-state index contributed by atoms with van der Waals surface area (Å²) in [5.41, 5.74) is 0. The number of ether oxygens (including phenoxy) is 1. The maximum atomic E-state index is 5.73. The molecule has 0 bridgehead atoms. The first-order chi connectivity index (χ1) is 7.43. The van der Waals surface area contributed by atoms with Crippen molar-refractivity contribution in [2.45, 2.75) is 57.8 Å². The van der Waals surface area contributed by atoms with E-state index in [-0.39, 0.29) is 0 Å². The van der Waals surface area contributed by atoms with Gasteiger partial charge in [0.2, 0.25) is 0 Å². The van der Waals surface area contributed by atoms with Crippen molar-refractivity contribution in [2.75, 3.05) is 13.2 Å². The first-order valence-electron chi connectivity index (χ1n) is 6.62. The normalized spacial score (nSPS) is 17.9. The zero-order valence-corrected chi connectivity index (χ0v) is 10.0. The third-order valence-electron chi connectivity index (χ3n) is 3.28. The van der Waals surface area contributed by atoms with Gasteiger partial charge in [-0.3, -0.25) is 0 Å². The number of hydrogen-bond acceptors (Lipinski definition) is 1. The molecular formula is C14H26O. The molecule has 0 atom stereocenters. The quantitative estimate of drug-likeness (QED) is 0.428. The summed E-state index contributed by atoms with van der Waals surface area (Å²) in [5.74, 6) is 0.868. The van der Waals surface area contributed by atoms with Crippen LogP contribution in [0.1, 0.15) is 57.8 Å². The monoisotopic (exact) mass is 210 g/mol. The number of unbranched alkanes of at least 4 members (excludes halogenated alkanes) is 3. The Labute approximate surface area is 94.9 Å². The average molecular weight is 210 g/mol. The van der Waals surface area contributed by atoms with Gasteiger partial charge in [-0.25, -0.2) is 0 Å². The lowest BCUT2D eigenvalue weighted by Gasteiger charge is -2.21. The van der Waals surface area contributed by atoms with Crippen molar-refractivity contribution in [2.24, 2.45) is 5.92 Å². The molecule has 0 aliphatic heterocycles. The lowest BCUT2D eigenvalue weighted by atomic mass is 9.90. The molecule has 15 heavy (non-hydrogen) atoms. The van der Waals surface area contributed by atoms with Crippen LogP contribution in [0.2, 0.25) is 0 Å². The van der Waals surface area contributed by atoms with Crippen LogP contribution in [0.25, 0.3) is 0 Å². The summed E-state index contributed by atoms with van der Waals surface area (Å²) in [6.45, 7) is 5.71. The number of allylic oxidation sites excluding steroid dienone is 1. The van der Waals surface area contributed by atoms with E-state index in [1.54, 1.807) is 0 Å². The molecule has 1 nitrogen and oxygen atoms in total. The molecule has 88 valence electrons. The molecule has 0 spiro atoms. The molecule has 0 heterocycles. The maximum absolute atomic E-state index is 5.73. The Morgan fingerprint density at radius 2 is 1.87 bits per heavy atom. The van der Waals surface area contributed by atoms with Gasteiger partial charge in [0.15, 0.2) is 0 Å². The molecule has 0 aromatic rings. The van der Waals surface area contributed by atoms with Crippen molar-refractivity contribution in [3.63, 3.8) is 0 Å². The second kappa shape index (κ2) is 8.96. The van der Waals surface area contributed by atoms with E-state index in [1.165, 1.54) is 51.4 Å². The van der Waals surface area contributed by atoms with Gasteiger partial charge in [-0.15, -0.1) is 6.58 Å². The Morgan fingerprint density at radius 1 is 1.07 bits per heavy atom. The number of rotatable bonds is 8. The van der Waals surface area contributed by atoms with Crippen molar-refractivity contribution in [3.8, 4) is 0 Å². The fourth-order valence-electron chi connectivity index (χ4n) is 2.27. The minimum atomic E-state index is 0.868. The van der Waals surface area contributed by atoms with Crippen LogP contribution in [0.15, 0.2) is 12.7 Å². The van der Waals surface area contributed by atoms with E-state index in [4.69, 9.17) is 4.74 Å². The predicted octanol–water partition coefficient (Wildman–Crippen LogP) is 4.33. The second-order valence-corrected chi connectivity index (χ2v) is 4.72. The highest BCUT2D eigenvalue weighted by atomic mass is 16.5. The molecule has 1 rings (SSSR count). The van der Waals surface area contributed by atoms with E-state index in [0.717, 1.165) is 25.6 Å². The molecule has 0 unspecified atom stereocenters. The van der Waals surface area contributed by atoms with Crippen molar-refractivity contribution in [1.29, 1.82) is 0 Å². The van der Waals surface area contributed by atoms with Crippen molar-refractivity contribution in [3.05, 3.63) is 12.7 Å². The third-order valence-corrected chi connectivity index (χ3v) is 3.28. The van der Waals surface area contributed by atoms with Crippen molar-refractivity contribution in [1.82, 2.24) is 0 Å². The summed E-state index contributed by atoms with van der Waals surface area (Å²) in [5, 5.41) is 0. The van der Waals surface area contributed by atoms with Gasteiger partial charge in [0.25, 0.3) is 0 Å². The van der Waals surface area contributed by atoms with E-state index in [0.29, 0.717) is 0 Å². The molecule has 0 aromatic heterocycles. The van der Waals surface area contributed by atoms with Gasteiger partial charge < -0.3 is 4.74 Å². The van der Waals surface area contributed by atoms with Gasteiger partial charge in [-0.05, 0) is 38.0 Å². The number of hydrogen-bond donors (Lipinski definition) is 0. The van der Waals surface area contributed by atoms with E-state index in [9.17, 15) is 0 Å². The van der Waals surface area contributed by atoms with Crippen LogP contribution in [0, 0.1) is 5.92 Å². The Morgan fingerprint density at radius 3 is 2.60 bits per heavy atom.